The molecule has 0 unspecified atom stereocenters. The Balaban J connectivity index is 1.83. The molecule has 1 aliphatic rings. The third-order valence-corrected chi connectivity index (χ3v) is 3.95. The van der Waals surface area contributed by atoms with Crippen LogP contribution in [0.15, 0.2) is 24.3 Å². The Morgan fingerprint density at radius 2 is 1.95 bits per heavy atom. The summed E-state index contributed by atoms with van der Waals surface area (Å²) in [6.07, 6.45) is 3.21. The van der Waals surface area contributed by atoms with Crippen molar-refractivity contribution in [3.8, 4) is 0 Å². The fourth-order valence-electron chi connectivity index (χ4n) is 2.63. The summed E-state index contributed by atoms with van der Waals surface area (Å²) in [5.41, 5.74) is 1.93. The lowest BCUT2D eigenvalue weighted by Crippen LogP contribution is -2.37. The Hall–Kier alpha value is -1.84. The van der Waals surface area contributed by atoms with Crippen LogP contribution in [0.1, 0.15) is 45.6 Å². The van der Waals surface area contributed by atoms with Gasteiger partial charge in [0.05, 0.1) is 0 Å². The molecule has 22 heavy (non-hydrogen) atoms. The van der Waals surface area contributed by atoms with Gasteiger partial charge in [0.2, 0.25) is 11.8 Å². The summed E-state index contributed by atoms with van der Waals surface area (Å²) in [5.74, 6) is 0.181. The minimum atomic E-state index is -0.379. The quantitative estimate of drug-likeness (QED) is 0.869. The highest BCUT2D eigenvalue weighted by molar-refractivity contribution is 5.94. The number of aryl methyl sites for hydroxylation is 1. The molecule has 0 saturated heterocycles. The summed E-state index contributed by atoms with van der Waals surface area (Å²) in [5, 5.41) is 2.89. The molecule has 0 fully saturated rings. The van der Waals surface area contributed by atoms with Gasteiger partial charge >= 0.3 is 0 Å². The number of fused-ring (bicyclic) bond motifs is 1. The van der Waals surface area contributed by atoms with Crippen LogP contribution in [0.4, 0.5) is 5.69 Å². The van der Waals surface area contributed by atoms with Crippen LogP contribution in [0, 0.1) is 5.41 Å². The zero-order valence-electron chi connectivity index (χ0n) is 13.8. The van der Waals surface area contributed by atoms with Crippen LogP contribution >= 0.6 is 0 Å². The fourth-order valence-corrected chi connectivity index (χ4v) is 2.63. The van der Waals surface area contributed by atoms with Crippen molar-refractivity contribution < 1.29 is 9.59 Å². The van der Waals surface area contributed by atoms with Gasteiger partial charge in [-0.05, 0) is 30.9 Å². The summed E-state index contributed by atoms with van der Waals surface area (Å²) in [7, 11) is 0. The van der Waals surface area contributed by atoms with E-state index < -0.39 is 0 Å². The molecule has 1 aromatic carbocycles. The second-order valence-electron chi connectivity index (χ2n) is 6.89. The number of rotatable bonds is 4. The van der Waals surface area contributed by atoms with E-state index in [1.165, 1.54) is 5.56 Å². The second-order valence-corrected chi connectivity index (χ2v) is 6.89. The minimum Gasteiger partial charge on any atom is -0.356 e. The van der Waals surface area contributed by atoms with E-state index in [1.54, 1.807) is 0 Å². The van der Waals surface area contributed by atoms with E-state index >= 15 is 0 Å². The van der Waals surface area contributed by atoms with Crippen molar-refractivity contribution in [2.75, 3.05) is 18.0 Å². The molecule has 1 aromatic rings. The van der Waals surface area contributed by atoms with Crippen molar-refractivity contribution in [2.24, 2.45) is 5.41 Å². The lowest BCUT2D eigenvalue weighted by Gasteiger charge is -2.29. The summed E-state index contributed by atoms with van der Waals surface area (Å²) < 4.78 is 0. The first-order chi connectivity index (χ1) is 10.4. The van der Waals surface area contributed by atoms with E-state index in [2.05, 4.69) is 11.4 Å². The lowest BCUT2D eigenvalue weighted by molar-refractivity contribution is -0.128. The summed E-state index contributed by atoms with van der Waals surface area (Å²) in [4.78, 5) is 26.1. The van der Waals surface area contributed by atoms with E-state index in [9.17, 15) is 9.59 Å². The monoisotopic (exact) mass is 302 g/mol. The topological polar surface area (TPSA) is 49.4 Å². The van der Waals surface area contributed by atoms with Crippen LogP contribution in [0.2, 0.25) is 0 Å². The number of hydrogen-bond acceptors (Lipinski definition) is 2. The first-order valence-electron chi connectivity index (χ1n) is 8.06. The van der Waals surface area contributed by atoms with Gasteiger partial charge in [0, 0.05) is 30.6 Å². The highest BCUT2D eigenvalue weighted by Gasteiger charge is 2.22. The minimum absolute atomic E-state index is 0.0308. The second kappa shape index (κ2) is 6.95. The number of para-hydroxylation sites is 1. The Morgan fingerprint density at radius 1 is 1.23 bits per heavy atom. The van der Waals surface area contributed by atoms with Gasteiger partial charge in [-0.1, -0.05) is 39.0 Å². The Kier molecular flexibility index (Phi) is 5.22. The SMILES string of the molecule is CC(C)(C)C(=O)NCCCC(=O)N1CCCc2ccccc21. The van der Waals surface area contributed by atoms with Crippen molar-refractivity contribution in [1.29, 1.82) is 0 Å². The van der Waals surface area contributed by atoms with Crippen molar-refractivity contribution in [3.05, 3.63) is 29.8 Å². The standard InChI is InChI=1S/C18H26N2O2/c1-18(2,3)17(22)19-12-6-11-16(21)20-13-7-9-14-8-4-5-10-15(14)20/h4-5,8,10H,6-7,9,11-13H2,1-3H3,(H,19,22). The normalized spacial score (nSPS) is 14.4. The molecule has 1 heterocycles. The van der Waals surface area contributed by atoms with Crippen LogP contribution in [-0.2, 0) is 16.0 Å². The van der Waals surface area contributed by atoms with Crippen LogP contribution < -0.4 is 10.2 Å². The Labute approximate surface area is 132 Å². The fraction of sp³-hybridized carbons (Fsp3) is 0.556. The molecule has 120 valence electrons. The summed E-state index contributed by atoms with van der Waals surface area (Å²) in [6, 6.07) is 8.12. The largest absolute Gasteiger partial charge is 0.356 e. The van der Waals surface area contributed by atoms with Crippen LogP contribution in [-0.4, -0.2) is 24.9 Å². The molecule has 1 N–H and O–H groups in total. The predicted molar refractivity (Wildman–Crippen MR) is 88.8 cm³/mol. The molecule has 2 amide bonds. The van der Waals surface area contributed by atoms with Crippen LogP contribution in [0.3, 0.4) is 0 Å². The number of hydrogen-bond donors (Lipinski definition) is 1. The maximum Gasteiger partial charge on any atom is 0.227 e. The summed E-state index contributed by atoms with van der Waals surface area (Å²) in [6.45, 7) is 7.01. The number of nitrogens with zero attached hydrogens (tertiary/aromatic N) is 1. The molecule has 1 aliphatic heterocycles. The number of anilines is 1. The molecule has 0 aliphatic carbocycles. The van der Waals surface area contributed by atoms with Gasteiger partial charge in [-0.25, -0.2) is 0 Å². The molecule has 0 aromatic heterocycles. The number of carbonyl (C=O) groups excluding carboxylic acids is 2. The molecule has 0 spiro atoms. The zero-order chi connectivity index (χ0) is 16.2. The van der Waals surface area contributed by atoms with Crippen LogP contribution in [0.5, 0.6) is 0 Å². The molecule has 0 atom stereocenters. The van der Waals surface area contributed by atoms with Gasteiger partial charge in [-0.3, -0.25) is 9.59 Å². The Morgan fingerprint density at radius 3 is 2.68 bits per heavy atom. The van der Waals surface area contributed by atoms with E-state index in [1.807, 2.05) is 43.9 Å². The van der Waals surface area contributed by atoms with Gasteiger partial charge < -0.3 is 10.2 Å². The number of carbonyl (C=O) groups is 2. The van der Waals surface area contributed by atoms with Gasteiger partial charge in [-0.2, -0.15) is 0 Å². The number of amides is 2. The van der Waals surface area contributed by atoms with E-state index in [0.717, 1.165) is 25.1 Å². The smallest absolute Gasteiger partial charge is 0.227 e. The molecular weight excluding hydrogens is 276 g/mol. The molecular formula is C18H26N2O2. The maximum absolute atomic E-state index is 12.4. The van der Waals surface area contributed by atoms with Gasteiger partial charge in [0.15, 0.2) is 0 Å². The first kappa shape index (κ1) is 16.5. The average Bonchev–Trinajstić information content (AvgIpc) is 2.49. The van der Waals surface area contributed by atoms with Crippen LogP contribution in [0.25, 0.3) is 0 Å². The molecule has 2 rings (SSSR count). The van der Waals surface area contributed by atoms with E-state index in [0.29, 0.717) is 19.4 Å². The molecule has 4 heteroatoms. The van der Waals surface area contributed by atoms with Gasteiger partial charge in [0.1, 0.15) is 0 Å². The summed E-state index contributed by atoms with van der Waals surface area (Å²) >= 11 is 0. The molecule has 0 saturated carbocycles. The third kappa shape index (κ3) is 4.09. The maximum atomic E-state index is 12.4. The Bertz CT molecular complexity index is 546. The first-order valence-corrected chi connectivity index (χ1v) is 8.06. The average molecular weight is 302 g/mol. The predicted octanol–water partition coefficient (Wildman–Crippen LogP) is 2.91. The number of nitrogens with one attached hydrogen (secondary N) is 1. The van der Waals surface area contributed by atoms with Gasteiger partial charge in [-0.15, -0.1) is 0 Å². The van der Waals surface area contributed by atoms with Crippen molar-refractivity contribution in [3.63, 3.8) is 0 Å². The van der Waals surface area contributed by atoms with Crippen molar-refractivity contribution in [1.82, 2.24) is 5.32 Å². The zero-order valence-corrected chi connectivity index (χ0v) is 13.8. The van der Waals surface area contributed by atoms with E-state index in [4.69, 9.17) is 0 Å². The highest BCUT2D eigenvalue weighted by atomic mass is 16.2. The molecule has 0 bridgehead atoms. The van der Waals surface area contributed by atoms with E-state index in [-0.39, 0.29) is 17.2 Å². The molecule has 0 radical (unpaired) electrons. The number of benzene rings is 1. The highest BCUT2D eigenvalue weighted by Crippen LogP contribution is 2.27. The lowest BCUT2D eigenvalue weighted by atomic mass is 9.96. The molecule has 4 nitrogen and oxygen atoms in total. The van der Waals surface area contributed by atoms with Crippen molar-refractivity contribution in [2.45, 2.75) is 46.5 Å². The van der Waals surface area contributed by atoms with Gasteiger partial charge in [0.25, 0.3) is 0 Å². The van der Waals surface area contributed by atoms with Crippen molar-refractivity contribution >= 4 is 17.5 Å². The third-order valence-electron chi connectivity index (χ3n) is 3.95.